The Bertz CT molecular complexity index is 904. The van der Waals surface area contributed by atoms with E-state index in [9.17, 15) is 4.79 Å². The summed E-state index contributed by atoms with van der Waals surface area (Å²) >= 11 is 3.96. The van der Waals surface area contributed by atoms with Crippen molar-refractivity contribution >= 4 is 35.1 Å². The number of benzene rings is 3. The molecular weight excluding hydrogens is 410 g/mol. The van der Waals surface area contributed by atoms with Crippen LogP contribution in [-0.2, 0) is 9.53 Å². The first-order valence-corrected chi connectivity index (χ1v) is 12.2. The van der Waals surface area contributed by atoms with Crippen LogP contribution in [0.5, 0.6) is 0 Å². The molecule has 0 unspecified atom stereocenters. The summed E-state index contributed by atoms with van der Waals surface area (Å²) in [5.41, 5.74) is 4.15. The Labute approximate surface area is 186 Å². The largest absolute Gasteiger partial charge is 0.359 e. The second-order valence-corrected chi connectivity index (χ2v) is 9.84. The van der Waals surface area contributed by atoms with Crippen molar-refractivity contribution in [1.29, 1.82) is 0 Å². The average Bonchev–Trinajstić information content (AvgIpc) is 2.81. The van der Waals surface area contributed by atoms with Crippen LogP contribution in [0.1, 0.15) is 33.8 Å². The second kappa shape index (κ2) is 10.7. The first kappa shape index (κ1) is 21.0. The van der Waals surface area contributed by atoms with E-state index in [2.05, 4.69) is 17.4 Å². The van der Waals surface area contributed by atoms with Gasteiger partial charge in [0.1, 0.15) is 12.7 Å². The third-order valence-corrected chi connectivity index (χ3v) is 7.87. The molecule has 1 amide bonds. The van der Waals surface area contributed by atoms with Crippen LogP contribution in [0.2, 0.25) is 0 Å². The predicted octanol–water partition coefficient (Wildman–Crippen LogP) is 6.30. The van der Waals surface area contributed by atoms with Gasteiger partial charge in [-0.25, -0.2) is 0 Å². The van der Waals surface area contributed by atoms with Crippen LogP contribution >= 0.6 is 23.5 Å². The molecule has 0 bridgehead atoms. The molecule has 0 aliphatic carbocycles. The van der Waals surface area contributed by atoms with Crippen molar-refractivity contribution in [3.8, 4) is 0 Å². The summed E-state index contributed by atoms with van der Waals surface area (Å²) in [6, 6.07) is 28.2. The van der Waals surface area contributed by atoms with Gasteiger partial charge in [-0.05, 0) is 46.7 Å². The lowest BCUT2D eigenvalue weighted by Gasteiger charge is -2.22. The van der Waals surface area contributed by atoms with E-state index in [1.807, 2.05) is 96.3 Å². The summed E-state index contributed by atoms with van der Waals surface area (Å²) in [4.78, 5) is 12.6. The number of thioether (sulfide) groups is 2. The molecule has 0 aromatic heterocycles. The first-order valence-electron chi connectivity index (χ1n) is 10.1. The molecule has 1 saturated heterocycles. The number of anilines is 1. The molecule has 0 atom stereocenters. The Balaban J connectivity index is 1.40. The Kier molecular flexibility index (Phi) is 7.51. The predicted molar refractivity (Wildman–Crippen MR) is 128 cm³/mol. The monoisotopic (exact) mass is 435 g/mol. The molecule has 1 aliphatic heterocycles. The van der Waals surface area contributed by atoms with E-state index in [4.69, 9.17) is 4.74 Å². The van der Waals surface area contributed by atoms with Crippen molar-refractivity contribution in [2.75, 3.05) is 23.4 Å². The molecule has 3 aromatic carbocycles. The van der Waals surface area contributed by atoms with Crippen molar-refractivity contribution in [2.24, 2.45) is 0 Å². The zero-order chi connectivity index (χ0) is 20.6. The molecule has 154 valence electrons. The van der Waals surface area contributed by atoms with Crippen molar-refractivity contribution in [2.45, 2.75) is 17.1 Å². The van der Waals surface area contributed by atoms with Gasteiger partial charge in [0, 0.05) is 5.69 Å². The van der Waals surface area contributed by atoms with E-state index in [1.165, 1.54) is 23.5 Å². The number of ether oxygens (including phenoxy) is 1. The Morgan fingerprint density at radius 2 is 1.53 bits per heavy atom. The second-order valence-electron chi connectivity index (χ2n) is 7.11. The molecule has 5 heteroatoms. The van der Waals surface area contributed by atoms with Crippen molar-refractivity contribution in [3.05, 3.63) is 102 Å². The highest BCUT2D eigenvalue weighted by Crippen LogP contribution is 2.44. The molecule has 4 rings (SSSR count). The molecule has 1 heterocycles. The van der Waals surface area contributed by atoms with E-state index < -0.39 is 0 Å². The number of amides is 1. The van der Waals surface area contributed by atoms with Crippen molar-refractivity contribution < 1.29 is 9.53 Å². The number of hydrogen-bond donors (Lipinski definition) is 1. The van der Waals surface area contributed by atoms with Gasteiger partial charge < -0.3 is 10.1 Å². The summed E-state index contributed by atoms with van der Waals surface area (Å²) < 4.78 is 6.53. The van der Waals surface area contributed by atoms with Crippen LogP contribution in [0.25, 0.3) is 0 Å². The quantitative estimate of drug-likeness (QED) is 0.473. The smallest absolute Gasteiger partial charge is 0.250 e. The van der Waals surface area contributed by atoms with E-state index in [1.54, 1.807) is 0 Å². The SMILES string of the molecule is O=C(COC(c1ccccc1)c1ccccc1)Nc1cccc(C2SCCCS2)c1. The van der Waals surface area contributed by atoms with Crippen LogP contribution in [0.3, 0.4) is 0 Å². The molecule has 30 heavy (non-hydrogen) atoms. The molecule has 0 radical (unpaired) electrons. The highest BCUT2D eigenvalue weighted by atomic mass is 32.2. The maximum atomic E-state index is 12.6. The van der Waals surface area contributed by atoms with Crippen LogP contribution in [-0.4, -0.2) is 24.0 Å². The maximum Gasteiger partial charge on any atom is 0.250 e. The van der Waals surface area contributed by atoms with Gasteiger partial charge in [-0.3, -0.25) is 4.79 Å². The number of carbonyl (C=O) groups excluding carboxylic acids is 1. The van der Waals surface area contributed by atoms with Crippen molar-refractivity contribution in [1.82, 2.24) is 0 Å². The van der Waals surface area contributed by atoms with Crippen molar-refractivity contribution in [3.63, 3.8) is 0 Å². The minimum Gasteiger partial charge on any atom is -0.359 e. The molecule has 1 fully saturated rings. The van der Waals surface area contributed by atoms with Gasteiger partial charge in [-0.1, -0.05) is 72.8 Å². The normalized spacial score (nSPS) is 14.6. The summed E-state index contributed by atoms with van der Waals surface area (Å²) in [6.45, 7) is -0.00832. The molecule has 3 nitrogen and oxygen atoms in total. The summed E-state index contributed by atoms with van der Waals surface area (Å²) in [7, 11) is 0. The summed E-state index contributed by atoms with van der Waals surface area (Å²) in [5.74, 6) is 2.25. The van der Waals surface area contributed by atoms with E-state index >= 15 is 0 Å². The van der Waals surface area contributed by atoms with Gasteiger partial charge in [0.2, 0.25) is 5.91 Å². The van der Waals surface area contributed by atoms with Crippen LogP contribution in [0.15, 0.2) is 84.9 Å². The Hall–Kier alpha value is -2.21. The van der Waals surface area contributed by atoms with Crippen LogP contribution in [0, 0.1) is 0 Å². The highest BCUT2D eigenvalue weighted by molar-refractivity contribution is 8.16. The molecule has 1 N–H and O–H groups in total. The number of carbonyl (C=O) groups is 1. The standard InChI is InChI=1S/C25H25NO2S2/c27-23(26-22-14-7-13-21(17-22)25-29-15-8-16-30-25)18-28-24(19-9-3-1-4-10-19)20-11-5-2-6-12-20/h1-7,9-14,17,24-25H,8,15-16,18H2,(H,26,27). The van der Waals surface area contributed by atoms with Gasteiger partial charge in [0.15, 0.2) is 0 Å². The highest BCUT2D eigenvalue weighted by Gasteiger charge is 2.18. The summed E-state index contributed by atoms with van der Waals surface area (Å²) in [5, 5.41) is 3.00. The topological polar surface area (TPSA) is 38.3 Å². The molecule has 3 aromatic rings. The number of nitrogens with one attached hydrogen (secondary N) is 1. The Morgan fingerprint density at radius 1 is 0.900 bits per heavy atom. The number of hydrogen-bond acceptors (Lipinski definition) is 4. The third-order valence-electron chi connectivity index (χ3n) is 4.86. The fraction of sp³-hybridized carbons (Fsp3) is 0.240. The lowest BCUT2D eigenvalue weighted by Crippen LogP contribution is -2.20. The zero-order valence-corrected chi connectivity index (χ0v) is 18.3. The summed E-state index contributed by atoms with van der Waals surface area (Å²) in [6.07, 6.45) is 0.989. The van der Waals surface area contributed by atoms with Gasteiger partial charge in [-0.15, -0.1) is 23.5 Å². The maximum absolute atomic E-state index is 12.6. The lowest BCUT2D eigenvalue weighted by molar-refractivity contribution is -0.121. The van der Waals surface area contributed by atoms with Gasteiger partial charge in [0.25, 0.3) is 0 Å². The molecule has 0 saturated carbocycles. The Morgan fingerprint density at radius 3 is 2.17 bits per heavy atom. The van der Waals surface area contributed by atoms with E-state index in [-0.39, 0.29) is 18.6 Å². The van der Waals surface area contributed by atoms with Gasteiger partial charge in [0.05, 0.1) is 4.58 Å². The average molecular weight is 436 g/mol. The minimum atomic E-state index is -0.278. The van der Waals surface area contributed by atoms with E-state index in [0.29, 0.717) is 4.58 Å². The number of rotatable bonds is 7. The fourth-order valence-electron chi connectivity index (χ4n) is 3.44. The zero-order valence-electron chi connectivity index (χ0n) is 16.7. The molecule has 1 aliphatic rings. The lowest BCUT2D eigenvalue weighted by atomic mass is 10.0. The first-order chi connectivity index (χ1) is 14.8. The van der Waals surface area contributed by atoms with Crippen LogP contribution in [0.4, 0.5) is 5.69 Å². The van der Waals surface area contributed by atoms with Crippen LogP contribution < -0.4 is 5.32 Å². The van der Waals surface area contributed by atoms with E-state index in [0.717, 1.165) is 16.8 Å². The minimum absolute atomic E-state index is 0.00832. The van der Waals surface area contributed by atoms with Gasteiger partial charge in [-0.2, -0.15) is 0 Å². The molecule has 0 spiro atoms. The fourth-order valence-corrected chi connectivity index (χ4v) is 6.31. The van der Waals surface area contributed by atoms with Gasteiger partial charge >= 0.3 is 0 Å². The third kappa shape index (κ3) is 5.69. The molecular formula is C25H25NO2S2.